The molecule has 3 rings (SSSR count). The lowest BCUT2D eigenvalue weighted by molar-refractivity contribution is 0.0999. The molecule has 7 nitrogen and oxygen atoms in total. The molecule has 0 saturated carbocycles. The fourth-order valence-corrected chi connectivity index (χ4v) is 4.31. The summed E-state index contributed by atoms with van der Waals surface area (Å²) in [5.74, 6) is -0.820. The molecule has 142 valence electrons. The first-order chi connectivity index (χ1) is 11.9. The molecule has 0 unspecified atom stereocenters. The van der Waals surface area contributed by atoms with Crippen LogP contribution in [0.4, 0.5) is 5.00 Å². The van der Waals surface area contributed by atoms with Gasteiger partial charge in [0.05, 0.1) is 5.56 Å². The summed E-state index contributed by atoms with van der Waals surface area (Å²) in [6.45, 7) is 8.61. The highest BCUT2D eigenvalue weighted by atomic mass is 35.5. The predicted octanol–water partition coefficient (Wildman–Crippen LogP) is 2.50. The molecule has 0 bridgehead atoms. The molecule has 0 aliphatic carbocycles. The number of nitrogens with two attached hydrogens (primary N) is 1. The highest BCUT2D eigenvalue weighted by molar-refractivity contribution is 7.17. The van der Waals surface area contributed by atoms with Gasteiger partial charge < -0.3 is 11.1 Å². The second kappa shape index (κ2) is 8.20. The minimum absolute atomic E-state index is 0. The first-order valence-corrected chi connectivity index (χ1v) is 9.25. The zero-order valence-corrected chi connectivity index (χ0v) is 16.7. The van der Waals surface area contributed by atoms with Crippen molar-refractivity contribution in [3.63, 3.8) is 0 Å². The Bertz CT molecular complexity index is 814. The maximum absolute atomic E-state index is 12.5. The van der Waals surface area contributed by atoms with Gasteiger partial charge in [-0.25, -0.2) is 0 Å². The molecule has 0 atom stereocenters. The average molecular weight is 398 g/mol. The molecule has 0 radical (unpaired) electrons. The number of thiophene rings is 1. The molecule has 9 heteroatoms. The summed E-state index contributed by atoms with van der Waals surface area (Å²) in [5, 5.41) is 7.56. The van der Waals surface area contributed by atoms with E-state index >= 15 is 0 Å². The van der Waals surface area contributed by atoms with Crippen molar-refractivity contribution < 1.29 is 9.59 Å². The lowest BCUT2D eigenvalue weighted by Crippen LogP contribution is -2.35. The van der Waals surface area contributed by atoms with Gasteiger partial charge in [0.2, 0.25) is 0 Å². The van der Waals surface area contributed by atoms with Crippen molar-refractivity contribution in [1.29, 1.82) is 0 Å². The molecule has 0 spiro atoms. The smallest absolute Gasteiger partial charge is 0.276 e. The van der Waals surface area contributed by atoms with Gasteiger partial charge in [0.1, 0.15) is 5.00 Å². The van der Waals surface area contributed by atoms with Gasteiger partial charge in [0.25, 0.3) is 11.8 Å². The summed E-state index contributed by atoms with van der Waals surface area (Å²) >= 11 is 1.44. The molecular weight excluding hydrogens is 374 g/mol. The van der Waals surface area contributed by atoms with Gasteiger partial charge in [-0.1, -0.05) is 0 Å². The number of halogens is 1. The lowest BCUT2D eigenvalue weighted by Gasteiger charge is -2.30. The number of aryl methyl sites for hydroxylation is 1. The summed E-state index contributed by atoms with van der Waals surface area (Å²) in [6, 6.07) is 2.10. The molecule has 1 aliphatic rings. The number of primary amides is 1. The molecule has 0 aromatic carbocycles. The highest BCUT2D eigenvalue weighted by Crippen LogP contribution is 2.37. The fraction of sp³-hybridized carbons (Fsp3) is 0.471. The van der Waals surface area contributed by atoms with Gasteiger partial charge in [-0.2, -0.15) is 5.10 Å². The van der Waals surface area contributed by atoms with E-state index in [9.17, 15) is 9.59 Å². The molecule has 2 aromatic heterocycles. The number of fused-ring (bicyclic) bond motifs is 1. The Balaban J connectivity index is 0.00000243. The Kier molecular flexibility index (Phi) is 6.44. The van der Waals surface area contributed by atoms with Gasteiger partial charge in [-0.05, 0) is 38.8 Å². The van der Waals surface area contributed by atoms with Crippen LogP contribution in [0.3, 0.4) is 0 Å². The molecular formula is C17H24ClN5O2S. The SMILES string of the molecule is CCn1ccc(C(=O)Nc2sc3c(c2C(N)=O)CCN(C(C)C)C3)n1.Cl. The lowest BCUT2D eigenvalue weighted by atomic mass is 10.0. The van der Waals surface area contributed by atoms with Gasteiger partial charge >= 0.3 is 0 Å². The van der Waals surface area contributed by atoms with Crippen molar-refractivity contribution >= 4 is 40.6 Å². The number of aromatic nitrogens is 2. The molecule has 1 aliphatic heterocycles. The fourth-order valence-electron chi connectivity index (χ4n) is 3.04. The third-order valence-corrected chi connectivity index (χ3v) is 5.62. The van der Waals surface area contributed by atoms with E-state index in [2.05, 4.69) is 29.2 Å². The van der Waals surface area contributed by atoms with Crippen LogP contribution in [-0.2, 0) is 19.5 Å². The number of nitrogens with zero attached hydrogens (tertiary/aromatic N) is 3. The van der Waals surface area contributed by atoms with Crippen LogP contribution >= 0.6 is 23.7 Å². The van der Waals surface area contributed by atoms with E-state index in [0.29, 0.717) is 28.8 Å². The Morgan fingerprint density at radius 3 is 2.73 bits per heavy atom. The molecule has 3 N–H and O–H groups in total. The van der Waals surface area contributed by atoms with Crippen molar-refractivity contribution in [3.05, 3.63) is 34.0 Å². The third kappa shape index (κ3) is 3.92. The van der Waals surface area contributed by atoms with Crippen molar-refractivity contribution in [2.24, 2.45) is 5.73 Å². The van der Waals surface area contributed by atoms with Gasteiger partial charge in [0, 0.05) is 36.8 Å². The predicted molar refractivity (Wildman–Crippen MR) is 105 cm³/mol. The first-order valence-electron chi connectivity index (χ1n) is 8.43. The number of carbonyl (C=O) groups is 2. The Labute approximate surface area is 163 Å². The Hall–Kier alpha value is -1.90. The molecule has 26 heavy (non-hydrogen) atoms. The van der Waals surface area contributed by atoms with Crippen molar-refractivity contribution in [3.8, 4) is 0 Å². The van der Waals surface area contributed by atoms with Gasteiger partial charge in [0.15, 0.2) is 5.69 Å². The molecule has 0 fully saturated rings. The standard InChI is InChI=1S/C17H23N5O2S.ClH/c1-4-22-8-6-12(20-22)16(24)19-17-14(15(18)23)11-5-7-21(10(2)3)9-13(11)25-17;/h6,8,10H,4-5,7,9H2,1-3H3,(H2,18,23)(H,19,24);1H. The maximum atomic E-state index is 12.5. The van der Waals surface area contributed by atoms with E-state index in [4.69, 9.17) is 5.73 Å². The van der Waals surface area contributed by atoms with Crippen LogP contribution in [-0.4, -0.2) is 39.1 Å². The number of carbonyl (C=O) groups excluding carboxylic acids is 2. The zero-order chi connectivity index (χ0) is 18.1. The van der Waals surface area contributed by atoms with Crippen molar-refractivity contribution in [2.75, 3.05) is 11.9 Å². The zero-order valence-electron chi connectivity index (χ0n) is 15.1. The number of nitrogens with one attached hydrogen (secondary N) is 1. The van der Waals surface area contributed by atoms with Crippen LogP contribution in [0, 0.1) is 0 Å². The molecule has 3 heterocycles. The van der Waals surface area contributed by atoms with Crippen LogP contribution in [0.15, 0.2) is 12.3 Å². The first kappa shape index (κ1) is 20.4. The summed E-state index contributed by atoms with van der Waals surface area (Å²) < 4.78 is 1.68. The normalized spacial score (nSPS) is 14.0. The number of anilines is 1. The Morgan fingerprint density at radius 1 is 1.42 bits per heavy atom. The van der Waals surface area contributed by atoms with E-state index in [1.54, 1.807) is 16.9 Å². The molecule has 2 aromatic rings. The number of hydrogen-bond acceptors (Lipinski definition) is 5. The molecule has 0 saturated heterocycles. The topological polar surface area (TPSA) is 93.2 Å². The summed E-state index contributed by atoms with van der Waals surface area (Å²) in [5.41, 5.74) is 7.35. The van der Waals surface area contributed by atoms with Crippen LogP contribution in [0.1, 0.15) is 52.1 Å². The van der Waals surface area contributed by atoms with Crippen molar-refractivity contribution in [2.45, 2.75) is 46.3 Å². The maximum Gasteiger partial charge on any atom is 0.276 e. The number of rotatable bonds is 5. The van der Waals surface area contributed by atoms with Crippen LogP contribution < -0.4 is 11.1 Å². The van der Waals surface area contributed by atoms with Crippen LogP contribution in [0.5, 0.6) is 0 Å². The van der Waals surface area contributed by atoms with Crippen molar-refractivity contribution in [1.82, 2.24) is 14.7 Å². The van der Waals surface area contributed by atoms with Crippen LogP contribution in [0.2, 0.25) is 0 Å². The highest BCUT2D eigenvalue weighted by Gasteiger charge is 2.28. The minimum Gasteiger partial charge on any atom is -0.365 e. The number of amides is 2. The summed E-state index contributed by atoms with van der Waals surface area (Å²) in [4.78, 5) is 27.9. The average Bonchev–Trinajstić information content (AvgIpc) is 3.17. The van der Waals surface area contributed by atoms with Crippen LogP contribution in [0.25, 0.3) is 0 Å². The summed E-state index contributed by atoms with van der Waals surface area (Å²) in [7, 11) is 0. The van der Waals surface area contributed by atoms with E-state index in [1.165, 1.54) is 11.3 Å². The minimum atomic E-state index is -0.495. The second-order valence-corrected chi connectivity index (χ2v) is 7.50. The summed E-state index contributed by atoms with van der Waals surface area (Å²) in [6.07, 6.45) is 2.52. The quantitative estimate of drug-likeness (QED) is 0.810. The van der Waals surface area contributed by atoms with E-state index in [0.717, 1.165) is 30.0 Å². The molecule has 2 amide bonds. The van der Waals surface area contributed by atoms with Gasteiger partial charge in [-0.3, -0.25) is 19.2 Å². The van der Waals surface area contributed by atoms with E-state index in [1.807, 2.05) is 6.92 Å². The second-order valence-electron chi connectivity index (χ2n) is 6.40. The monoisotopic (exact) mass is 397 g/mol. The van der Waals surface area contributed by atoms with E-state index in [-0.39, 0.29) is 18.3 Å². The number of hydrogen-bond donors (Lipinski definition) is 2. The third-order valence-electron chi connectivity index (χ3n) is 4.49. The van der Waals surface area contributed by atoms with Gasteiger partial charge in [-0.15, -0.1) is 23.7 Å². The Morgan fingerprint density at radius 2 is 2.15 bits per heavy atom. The largest absolute Gasteiger partial charge is 0.365 e. The van der Waals surface area contributed by atoms with E-state index < -0.39 is 5.91 Å².